The lowest BCUT2D eigenvalue weighted by Crippen LogP contribution is -2.24. The Labute approximate surface area is 211 Å². The minimum atomic E-state index is 0.0696. The number of nitrogens with zero attached hydrogens (tertiary/aromatic N) is 6. The summed E-state index contributed by atoms with van der Waals surface area (Å²) in [4.78, 5) is 17.5. The van der Waals surface area contributed by atoms with Crippen LogP contribution in [0.2, 0.25) is 0 Å². The molecule has 0 amide bonds. The number of Topliss-reactive ketones (excluding diaryl/α,β-unsaturated/α-hetero) is 1. The van der Waals surface area contributed by atoms with E-state index in [0.29, 0.717) is 24.1 Å². The minimum absolute atomic E-state index is 0.0696. The van der Waals surface area contributed by atoms with Gasteiger partial charge in [0.25, 0.3) is 0 Å². The van der Waals surface area contributed by atoms with Gasteiger partial charge in [-0.3, -0.25) is 4.79 Å². The average molecular weight is 484 g/mol. The van der Waals surface area contributed by atoms with E-state index in [4.69, 9.17) is 0 Å². The summed E-state index contributed by atoms with van der Waals surface area (Å²) < 4.78 is 1.76. The van der Waals surface area contributed by atoms with Crippen LogP contribution in [0, 0.1) is 11.8 Å². The standard InChI is InChI=1S/C28H33N7O/c1-2-3-4-8-20-9-7-10-23(17-20)26(36)28-29-19-35(32-28)18-21-13-15-22(16-14-21)24-11-5-6-12-25(24)27-30-33-34-31-27/h5-6,11-16,19-20,23H,2-4,7-10,17-18H2,1H3,(H,30,31,33,34). The molecule has 1 N–H and O–H groups in total. The van der Waals surface area contributed by atoms with Gasteiger partial charge < -0.3 is 0 Å². The maximum Gasteiger partial charge on any atom is 0.217 e. The fraction of sp³-hybridized carbons (Fsp3) is 0.429. The second kappa shape index (κ2) is 11.4. The molecule has 5 rings (SSSR count). The maximum absolute atomic E-state index is 13.1. The van der Waals surface area contributed by atoms with E-state index in [1.165, 1.54) is 32.1 Å². The van der Waals surface area contributed by atoms with Crippen LogP contribution in [0.5, 0.6) is 0 Å². The Hall–Kier alpha value is -3.68. The molecule has 36 heavy (non-hydrogen) atoms. The molecule has 1 fully saturated rings. The third-order valence-corrected chi connectivity index (χ3v) is 7.26. The fourth-order valence-corrected chi connectivity index (χ4v) is 5.33. The highest BCUT2D eigenvalue weighted by molar-refractivity contribution is 5.94. The van der Waals surface area contributed by atoms with Gasteiger partial charge in [-0.15, -0.1) is 10.2 Å². The molecule has 8 heteroatoms. The van der Waals surface area contributed by atoms with Crippen molar-refractivity contribution in [2.75, 3.05) is 0 Å². The SMILES string of the molecule is CCCCCC1CCCC(C(=O)c2ncn(Cc3ccc(-c4ccccc4-c4nnn[nH]4)cc3)n2)C1. The van der Waals surface area contributed by atoms with Crippen LogP contribution in [0.25, 0.3) is 22.5 Å². The molecule has 1 aliphatic carbocycles. The lowest BCUT2D eigenvalue weighted by atomic mass is 9.77. The molecule has 4 aromatic rings. The molecule has 2 aromatic carbocycles. The molecule has 0 saturated heterocycles. The number of nitrogens with one attached hydrogen (secondary N) is 1. The van der Waals surface area contributed by atoms with Crippen molar-refractivity contribution >= 4 is 5.78 Å². The lowest BCUT2D eigenvalue weighted by molar-refractivity contribution is 0.0848. The molecule has 0 bridgehead atoms. The number of tetrazole rings is 1. The molecule has 8 nitrogen and oxygen atoms in total. The third kappa shape index (κ3) is 5.58. The first-order chi connectivity index (χ1) is 17.7. The van der Waals surface area contributed by atoms with Crippen molar-refractivity contribution in [1.82, 2.24) is 35.4 Å². The number of aromatic amines is 1. The van der Waals surface area contributed by atoms with Gasteiger partial charge in [0.15, 0.2) is 5.82 Å². The van der Waals surface area contributed by atoms with Crippen molar-refractivity contribution < 1.29 is 4.79 Å². The quantitative estimate of drug-likeness (QED) is 0.228. The van der Waals surface area contributed by atoms with Gasteiger partial charge in [-0.2, -0.15) is 0 Å². The van der Waals surface area contributed by atoms with Crippen LogP contribution >= 0.6 is 0 Å². The van der Waals surface area contributed by atoms with E-state index in [0.717, 1.165) is 41.5 Å². The van der Waals surface area contributed by atoms with E-state index in [1.807, 2.05) is 18.2 Å². The van der Waals surface area contributed by atoms with Crippen molar-refractivity contribution in [1.29, 1.82) is 0 Å². The predicted molar refractivity (Wildman–Crippen MR) is 138 cm³/mol. The number of H-pyrrole nitrogens is 1. The van der Waals surface area contributed by atoms with Gasteiger partial charge in [0.1, 0.15) is 6.33 Å². The number of unbranched alkanes of at least 4 members (excludes halogenated alkanes) is 2. The van der Waals surface area contributed by atoms with Gasteiger partial charge >= 0.3 is 0 Å². The Balaban J connectivity index is 1.23. The summed E-state index contributed by atoms with van der Waals surface area (Å²) in [5.74, 6) is 1.85. The van der Waals surface area contributed by atoms with Crippen molar-refractivity contribution in [3.8, 4) is 22.5 Å². The van der Waals surface area contributed by atoms with Gasteiger partial charge in [0.05, 0.1) is 6.54 Å². The molecule has 2 unspecified atom stereocenters. The van der Waals surface area contributed by atoms with Gasteiger partial charge in [0.2, 0.25) is 11.6 Å². The van der Waals surface area contributed by atoms with Crippen LogP contribution in [0.3, 0.4) is 0 Å². The first-order valence-corrected chi connectivity index (χ1v) is 13.1. The second-order valence-electron chi connectivity index (χ2n) is 9.85. The van der Waals surface area contributed by atoms with Crippen LogP contribution < -0.4 is 0 Å². The van der Waals surface area contributed by atoms with Gasteiger partial charge in [-0.25, -0.2) is 14.8 Å². The topological polar surface area (TPSA) is 102 Å². The van der Waals surface area contributed by atoms with Crippen LogP contribution in [0.15, 0.2) is 54.9 Å². The minimum Gasteiger partial charge on any atom is -0.290 e. The molecule has 1 saturated carbocycles. The van der Waals surface area contributed by atoms with Gasteiger partial charge in [-0.1, -0.05) is 94.0 Å². The molecule has 0 radical (unpaired) electrons. The van der Waals surface area contributed by atoms with Crippen molar-refractivity contribution in [2.45, 2.75) is 64.8 Å². The van der Waals surface area contributed by atoms with Crippen molar-refractivity contribution in [2.24, 2.45) is 11.8 Å². The number of carbonyl (C=O) groups is 1. The van der Waals surface area contributed by atoms with E-state index in [9.17, 15) is 4.79 Å². The Kier molecular flexibility index (Phi) is 7.59. The van der Waals surface area contributed by atoms with E-state index < -0.39 is 0 Å². The van der Waals surface area contributed by atoms with Crippen molar-refractivity contribution in [3.05, 3.63) is 66.2 Å². The van der Waals surface area contributed by atoms with Crippen LogP contribution in [0.1, 0.15) is 74.5 Å². The molecule has 2 heterocycles. The molecule has 0 aliphatic heterocycles. The Bertz CT molecular complexity index is 1260. The van der Waals surface area contributed by atoms with E-state index in [-0.39, 0.29) is 11.7 Å². The molecule has 0 spiro atoms. The Morgan fingerprint density at radius 2 is 1.89 bits per heavy atom. The summed E-state index contributed by atoms with van der Waals surface area (Å²) >= 11 is 0. The highest BCUT2D eigenvalue weighted by atomic mass is 16.1. The largest absolute Gasteiger partial charge is 0.290 e. The first-order valence-electron chi connectivity index (χ1n) is 13.1. The lowest BCUT2D eigenvalue weighted by Gasteiger charge is -2.27. The summed E-state index contributed by atoms with van der Waals surface area (Å²) in [5, 5.41) is 18.8. The van der Waals surface area contributed by atoms with Crippen LogP contribution in [0.4, 0.5) is 0 Å². The summed E-state index contributed by atoms with van der Waals surface area (Å²) in [7, 11) is 0. The monoisotopic (exact) mass is 483 g/mol. The zero-order valence-corrected chi connectivity index (χ0v) is 20.8. The molecule has 2 aromatic heterocycles. The van der Waals surface area contributed by atoms with Crippen molar-refractivity contribution in [3.63, 3.8) is 0 Å². The average Bonchev–Trinajstić information content (AvgIpc) is 3.62. The van der Waals surface area contributed by atoms with E-state index >= 15 is 0 Å². The second-order valence-corrected chi connectivity index (χ2v) is 9.85. The molecule has 2 atom stereocenters. The maximum atomic E-state index is 13.1. The number of hydrogen-bond acceptors (Lipinski definition) is 6. The smallest absolute Gasteiger partial charge is 0.217 e. The number of carbonyl (C=O) groups excluding carboxylic acids is 1. The summed E-state index contributed by atoms with van der Waals surface area (Å²) in [6, 6.07) is 16.4. The number of hydrogen-bond donors (Lipinski definition) is 1. The Morgan fingerprint density at radius 3 is 2.67 bits per heavy atom. The summed E-state index contributed by atoms with van der Waals surface area (Å²) in [5.41, 5.74) is 4.17. The van der Waals surface area contributed by atoms with E-state index in [2.05, 4.69) is 68.0 Å². The number of ketones is 1. The van der Waals surface area contributed by atoms with Crippen LogP contribution in [-0.2, 0) is 6.54 Å². The fourth-order valence-electron chi connectivity index (χ4n) is 5.33. The summed E-state index contributed by atoms with van der Waals surface area (Å²) in [6.07, 6.45) is 11.1. The number of aromatic nitrogens is 7. The number of benzene rings is 2. The third-order valence-electron chi connectivity index (χ3n) is 7.26. The Morgan fingerprint density at radius 1 is 1.06 bits per heavy atom. The van der Waals surface area contributed by atoms with Gasteiger partial charge in [0, 0.05) is 11.5 Å². The van der Waals surface area contributed by atoms with Crippen LogP contribution in [-0.4, -0.2) is 41.2 Å². The first kappa shape index (κ1) is 24.0. The zero-order chi connectivity index (χ0) is 24.7. The summed E-state index contributed by atoms with van der Waals surface area (Å²) in [6.45, 7) is 2.81. The zero-order valence-electron chi connectivity index (χ0n) is 20.8. The predicted octanol–water partition coefficient (Wildman–Crippen LogP) is 5.74. The molecule has 1 aliphatic rings. The molecular weight excluding hydrogens is 450 g/mol. The molecular formula is C28H33N7O. The highest BCUT2D eigenvalue weighted by Crippen LogP contribution is 2.34. The molecule has 186 valence electrons. The normalized spacial score (nSPS) is 17.8. The van der Waals surface area contributed by atoms with E-state index in [1.54, 1.807) is 11.0 Å². The number of rotatable bonds is 10. The van der Waals surface area contributed by atoms with Gasteiger partial charge in [-0.05, 0) is 45.9 Å². The highest BCUT2D eigenvalue weighted by Gasteiger charge is 2.29.